The molecule has 0 unspecified atom stereocenters. The third kappa shape index (κ3) is 6.37. The van der Waals surface area contributed by atoms with Crippen molar-refractivity contribution >= 4 is 41.0 Å². The highest BCUT2D eigenvalue weighted by molar-refractivity contribution is 14.0. The topological polar surface area (TPSA) is 54.2 Å². The first-order valence-corrected chi connectivity index (χ1v) is 8.05. The van der Waals surface area contributed by atoms with E-state index in [0.717, 1.165) is 44.0 Å². The van der Waals surface area contributed by atoms with Crippen LogP contribution < -0.4 is 10.6 Å². The van der Waals surface area contributed by atoms with E-state index in [2.05, 4.69) is 51.2 Å². The average Bonchev–Trinajstić information content (AvgIpc) is 2.92. The molecule has 128 valence electrons. The number of halogens is 1. The second-order valence-corrected chi connectivity index (χ2v) is 5.89. The van der Waals surface area contributed by atoms with Gasteiger partial charge in [-0.3, -0.25) is 4.99 Å². The summed E-state index contributed by atoms with van der Waals surface area (Å²) in [6.45, 7) is 7.27. The quantitative estimate of drug-likeness (QED) is 0.308. The summed E-state index contributed by atoms with van der Waals surface area (Å²) in [4.78, 5) is 8.66. The van der Waals surface area contributed by atoms with Gasteiger partial charge in [-0.15, -0.1) is 24.0 Å². The summed E-state index contributed by atoms with van der Waals surface area (Å²) < 4.78 is 2.20. The van der Waals surface area contributed by atoms with Gasteiger partial charge in [0.2, 0.25) is 0 Å². The molecule has 0 radical (unpaired) electrons. The predicted octanol–water partition coefficient (Wildman–Crippen LogP) is 3.26. The zero-order valence-corrected chi connectivity index (χ0v) is 16.6. The van der Waals surface area contributed by atoms with Crippen LogP contribution in [0.25, 0.3) is 11.0 Å². The molecule has 0 fully saturated rings. The van der Waals surface area contributed by atoms with Crippen LogP contribution >= 0.6 is 24.0 Å². The lowest BCUT2D eigenvalue weighted by atomic mass is 10.1. The number of imidazole rings is 1. The number of para-hydroxylation sites is 2. The molecule has 0 aliphatic rings. The molecule has 0 saturated carbocycles. The van der Waals surface area contributed by atoms with Crippen molar-refractivity contribution in [2.75, 3.05) is 20.1 Å². The molecule has 0 bridgehead atoms. The van der Waals surface area contributed by atoms with Crippen LogP contribution in [0, 0.1) is 5.92 Å². The molecule has 0 atom stereocenters. The van der Waals surface area contributed by atoms with Crippen LogP contribution in [0.5, 0.6) is 0 Å². The molecule has 0 saturated heterocycles. The number of rotatable bonds is 7. The van der Waals surface area contributed by atoms with Crippen molar-refractivity contribution in [2.24, 2.45) is 10.9 Å². The molecule has 2 rings (SSSR count). The lowest BCUT2D eigenvalue weighted by Gasteiger charge is -2.13. The Balaban J connectivity index is 0.00000264. The number of fused-ring (bicyclic) bond motifs is 1. The second kappa shape index (κ2) is 10.5. The van der Waals surface area contributed by atoms with Gasteiger partial charge in [0.25, 0.3) is 0 Å². The monoisotopic (exact) mass is 429 g/mol. The van der Waals surface area contributed by atoms with E-state index in [4.69, 9.17) is 0 Å². The smallest absolute Gasteiger partial charge is 0.190 e. The van der Waals surface area contributed by atoms with Crippen molar-refractivity contribution in [3.05, 3.63) is 30.6 Å². The van der Waals surface area contributed by atoms with E-state index >= 15 is 0 Å². The number of aryl methyl sites for hydroxylation is 1. The summed E-state index contributed by atoms with van der Waals surface area (Å²) in [7, 11) is 1.81. The summed E-state index contributed by atoms with van der Waals surface area (Å²) in [6, 6.07) is 8.24. The van der Waals surface area contributed by atoms with E-state index in [1.165, 1.54) is 5.52 Å². The van der Waals surface area contributed by atoms with Crippen molar-refractivity contribution in [3.63, 3.8) is 0 Å². The van der Waals surface area contributed by atoms with E-state index in [0.29, 0.717) is 5.92 Å². The Labute approximate surface area is 156 Å². The molecule has 2 aromatic rings. The molecule has 5 nitrogen and oxygen atoms in total. The molecule has 23 heavy (non-hydrogen) atoms. The Hall–Kier alpha value is -1.31. The van der Waals surface area contributed by atoms with Gasteiger partial charge in [0.1, 0.15) is 0 Å². The van der Waals surface area contributed by atoms with Crippen LogP contribution in [0.2, 0.25) is 0 Å². The summed E-state index contributed by atoms with van der Waals surface area (Å²) in [6.07, 6.45) is 4.10. The molecular weight excluding hydrogens is 401 g/mol. The second-order valence-electron chi connectivity index (χ2n) is 5.89. The van der Waals surface area contributed by atoms with Gasteiger partial charge in [-0.25, -0.2) is 4.98 Å². The third-order valence-corrected chi connectivity index (χ3v) is 3.63. The standard InChI is InChI=1S/C17H27N5.HI/c1-14(2)9-11-20-17(18-3)19-10-6-12-22-13-21-15-7-4-5-8-16(15)22;/h4-5,7-8,13-14H,6,9-12H2,1-3H3,(H2,18,19,20);1H. The van der Waals surface area contributed by atoms with Crippen molar-refractivity contribution in [2.45, 2.75) is 33.2 Å². The Morgan fingerprint density at radius 3 is 2.70 bits per heavy atom. The van der Waals surface area contributed by atoms with E-state index < -0.39 is 0 Å². The van der Waals surface area contributed by atoms with Crippen LogP contribution in [0.4, 0.5) is 0 Å². The average molecular weight is 429 g/mol. The van der Waals surface area contributed by atoms with Crippen LogP contribution in [0.1, 0.15) is 26.7 Å². The first-order valence-electron chi connectivity index (χ1n) is 8.05. The van der Waals surface area contributed by atoms with Crippen LogP contribution in [0.15, 0.2) is 35.6 Å². The predicted molar refractivity (Wildman–Crippen MR) is 109 cm³/mol. The van der Waals surface area contributed by atoms with Crippen molar-refractivity contribution in [1.82, 2.24) is 20.2 Å². The Morgan fingerprint density at radius 2 is 1.96 bits per heavy atom. The number of hydrogen-bond donors (Lipinski definition) is 2. The minimum atomic E-state index is 0. The summed E-state index contributed by atoms with van der Waals surface area (Å²) in [5.74, 6) is 1.59. The molecule has 0 aliphatic carbocycles. The molecule has 6 heteroatoms. The zero-order chi connectivity index (χ0) is 15.8. The maximum atomic E-state index is 4.41. The van der Waals surface area contributed by atoms with Gasteiger partial charge >= 0.3 is 0 Å². The van der Waals surface area contributed by atoms with Gasteiger partial charge in [0.15, 0.2) is 5.96 Å². The molecule has 0 spiro atoms. The summed E-state index contributed by atoms with van der Waals surface area (Å²) in [5.41, 5.74) is 2.25. The zero-order valence-electron chi connectivity index (χ0n) is 14.2. The molecule has 1 heterocycles. The highest BCUT2D eigenvalue weighted by Crippen LogP contribution is 2.11. The van der Waals surface area contributed by atoms with Gasteiger partial charge in [-0.2, -0.15) is 0 Å². The largest absolute Gasteiger partial charge is 0.356 e. The van der Waals surface area contributed by atoms with Gasteiger partial charge in [-0.1, -0.05) is 26.0 Å². The maximum Gasteiger partial charge on any atom is 0.190 e. The molecule has 0 aliphatic heterocycles. The number of nitrogens with zero attached hydrogens (tertiary/aromatic N) is 3. The van der Waals surface area contributed by atoms with E-state index in [1.807, 2.05) is 25.5 Å². The highest BCUT2D eigenvalue weighted by Gasteiger charge is 2.02. The number of benzene rings is 1. The fourth-order valence-corrected chi connectivity index (χ4v) is 2.34. The first-order chi connectivity index (χ1) is 10.7. The summed E-state index contributed by atoms with van der Waals surface area (Å²) in [5, 5.41) is 6.70. The Kier molecular flexibility index (Phi) is 8.98. The minimum Gasteiger partial charge on any atom is -0.356 e. The van der Waals surface area contributed by atoms with E-state index in [1.54, 1.807) is 0 Å². The highest BCUT2D eigenvalue weighted by atomic mass is 127. The third-order valence-electron chi connectivity index (χ3n) is 3.63. The van der Waals surface area contributed by atoms with Crippen molar-refractivity contribution < 1.29 is 0 Å². The van der Waals surface area contributed by atoms with Crippen molar-refractivity contribution in [1.29, 1.82) is 0 Å². The van der Waals surface area contributed by atoms with E-state index in [-0.39, 0.29) is 24.0 Å². The van der Waals surface area contributed by atoms with Crippen LogP contribution in [0.3, 0.4) is 0 Å². The van der Waals surface area contributed by atoms with Gasteiger partial charge in [-0.05, 0) is 30.9 Å². The molecule has 2 N–H and O–H groups in total. The number of guanidine groups is 1. The van der Waals surface area contributed by atoms with Gasteiger partial charge in [0.05, 0.1) is 17.4 Å². The van der Waals surface area contributed by atoms with Gasteiger partial charge < -0.3 is 15.2 Å². The fraction of sp³-hybridized carbons (Fsp3) is 0.529. The van der Waals surface area contributed by atoms with Crippen molar-refractivity contribution in [3.8, 4) is 0 Å². The van der Waals surface area contributed by atoms with E-state index in [9.17, 15) is 0 Å². The minimum absolute atomic E-state index is 0. The SMILES string of the molecule is CN=C(NCCCn1cnc2ccccc21)NCCC(C)C.I. The number of aliphatic imine (C=N–C) groups is 1. The van der Waals surface area contributed by atoms with Crippen LogP contribution in [-0.4, -0.2) is 35.6 Å². The number of aromatic nitrogens is 2. The fourth-order valence-electron chi connectivity index (χ4n) is 2.34. The molecule has 1 aromatic heterocycles. The number of hydrogen-bond acceptors (Lipinski definition) is 2. The first kappa shape index (κ1) is 19.7. The lowest BCUT2D eigenvalue weighted by molar-refractivity contribution is 0.571. The maximum absolute atomic E-state index is 4.41. The molecular formula is C17H28IN5. The molecule has 1 aromatic carbocycles. The Bertz CT molecular complexity index is 606. The molecule has 0 amide bonds. The Morgan fingerprint density at radius 1 is 1.22 bits per heavy atom. The normalized spacial score (nSPS) is 11.6. The van der Waals surface area contributed by atoms with Gasteiger partial charge in [0, 0.05) is 26.7 Å². The van der Waals surface area contributed by atoms with Crippen LogP contribution in [-0.2, 0) is 6.54 Å². The number of nitrogens with one attached hydrogen (secondary N) is 2. The summed E-state index contributed by atoms with van der Waals surface area (Å²) >= 11 is 0. The lowest BCUT2D eigenvalue weighted by Crippen LogP contribution is -2.38.